The second kappa shape index (κ2) is 10.0. The van der Waals surface area contributed by atoms with Gasteiger partial charge in [-0.1, -0.05) is 26.2 Å². The molecule has 0 saturated heterocycles. The van der Waals surface area contributed by atoms with E-state index in [1.165, 1.54) is 25.7 Å². The lowest BCUT2D eigenvalue weighted by Gasteiger charge is -2.05. The predicted molar refractivity (Wildman–Crippen MR) is 57.8 cm³/mol. The Morgan fingerprint density at radius 2 is 1.77 bits per heavy atom. The van der Waals surface area contributed by atoms with E-state index in [-0.39, 0.29) is 0 Å². The monoisotopic (exact) mass is 187 g/mol. The van der Waals surface area contributed by atoms with Crippen LogP contribution < -0.4 is 5.73 Å². The minimum Gasteiger partial charge on any atom is -0.381 e. The fraction of sp³-hybridized carbons (Fsp3) is 1.00. The van der Waals surface area contributed by atoms with Crippen LogP contribution in [0.15, 0.2) is 0 Å². The molecule has 0 heterocycles. The smallest absolute Gasteiger partial charge is 0.0466 e. The second-order valence-electron chi connectivity index (χ2n) is 3.79. The van der Waals surface area contributed by atoms with E-state index < -0.39 is 0 Å². The Morgan fingerprint density at radius 3 is 2.38 bits per heavy atom. The molecule has 1 atom stereocenters. The molecule has 0 aromatic carbocycles. The Bertz CT molecular complexity index is 94.1. The topological polar surface area (TPSA) is 35.2 Å². The SMILES string of the molecule is CCCCCCOCCCC(C)N. The average Bonchev–Trinajstić information content (AvgIpc) is 2.09. The van der Waals surface area contributed by atoms with Gasteiger partial charge in [0, 0.05) is 19.3 Å². The minimum absolute atomic E-state index is 0.323. The Hall–Kier alpha value is -0.0800. The summed E-state index contributed by atoms with van der Waals surface area (Å²) in [6.45, 7) is 6.08. The third-order valence-corrected chi connectivity index (χ3v) is 2.09. The Balaban J connectivity index is 2.84. The Morgan fingerprint density at radius 1 is 1.08 bits per heavy atom. The highest BCUT2D eigenvalue weighted by molar-refractivity contribution is 4.51. The van der Waals surface area contributed by atoms with Crippen molar-refractivity contribution in [1.82, 2.24) is 0 Å². The number of unbranched alkanes of at least 4 members (excludes halogenated alkanes) is 3. The molecule has 0 aliphatic heterocycles. The number of rotatable bonds is 9. The number of hydrogen-bond donors (Lipinski definition) is 1. The van der Waals surface area contributed by atoms with Crippen molar-refractivity contribution < 1.29 is 4.74 Å². The maximum atomic E-state index is 5.62. The highest BCUT2D eigenvalue weighted by atomic mass is 16.5. The van der Waals surface area contributed by atoms with Crippen LogP contribution in [-0.4, -0.2) is 19.3 Å². The Kier molecular flexibility index (Phi) is 9.94. The van der Waals surface area contributed by atoms with E-state index in [0.29, 0.717) is 6.04 Å². The van der Waals surface area contributed by atoms with Gasteiger partial charge in [0.25, 0.3) is 0 Å². The minimum atomic E-state index is 0.323. The lowest BCUT2D eigenvalue weighted by molar-refractivity contribution is 0.125. The second-order valence-corrected chi connectivity index (χ2v) is 3.79. The van der Waals surface area contributed by atoms with E-state index in [1.807, 2.05) is 6.92 Å². The van der Waals surface area contributed by atoms with Crippen LogP contribution in [0.4, 0.5) is 0 Å². The number of hydrogen-bond acceptors (Lipinski definition) is 2. The first kappa shape index (κ1) is 12.9. The van der Waals surface area contributed by atoms with E-state index in [1.54, 1.807) is 0 Å². The van der Waals surface area contributed by atoms with E-state index in [4.69, 9.17) is 10.5 Å². The van der Waals surface area contributed by atoms with Crippen molar-refractivity contribution in [2.75, 3.05) is 13.2 Å². The highest BCUT2D eigenvalue weighted by Crippen LogP contribution is 2.00. The summed E-state index contributed by atoms with van der Waals surface area (Å²) in [5.41, 5.74) is 5.62. The van der Waals surface area contributed by atoms with Crippen LogP contribution in [0.3, 0.4) is 0 Å². The molecule has 1 unspecified atom stereocenters. The van der Waals surface area contributed by atoms with Crippen LogP contribution >= 0.6 is 0 Å². The molecule has 0 aromatic heterocycles. The standard InChI is InChI=1S/C11H25NO/c1-3-4-5-6-9-13-10-7-8-11(2)12/h11H,3-10,12H2,1-2H3. The predicted octanol–water partition coefficient (Wildman–Crippen LogP) is 2.71. The van der Waals surface area contributed by atoms with E-state index in [2.05, 4.69) is 6.92 Å². The zero-order chi connectivity index (χ0) is 9.94. The zero-order valence-corrected chi connectivity index (χ0v) is 9.22. The van der Waals surface area contributed by atoms with E-state index in [9.17, 15) is 0 Å². The van der Waals surface area contributed by atoms with Gasteiger partial charge in [0.1, 0.15) is 0 Å². The molecule has 0 amide bonds. The van der Waals surface area contributed by atoms with Gasteiger partial charge in [-0.15, -0.1) is 0 Å². The average molecular weight is 187 g/mol. The van der Waals surface area contributed by atoms with Crippen LogP contribution in [-0.2, 0) is 4.74 Å². The van der Waals surface area contributed by atoms with Crippen molar-refractivity contribution in [3.63, 3.8) is 0 Å². The first-order valence-electron chi connectivity index (χ1n) is 5.60. The molecule has 0 fully saturated rings. The van der Waals surface area contributed by atoms with E-state index in [0.717, 1.165) is 26.1 Å². The molecule has 13 heavy (non-hydrogen) atoms. The molecule has 0 aliphatic rings. The van der Waals surface area contributed by atoms with Crippen molar-refractivity contribution in [3.8, 4) is 0 Å². The molecule has 0 aliphatic carbocycles. The fourth-order valence-electron chi connectivity index (χ4n) is 1.24. The Labute approximate surface area is 82.8 Å². The number of nitrogens with two attached hydrogens (primary N) is 1. The molecule has 0 spiro atoms. The van der Waals surface area contributed by atoms with Gasteiger partial charge in [-0.3, -0.25) is 0 Å². The zero-order valence-electron chi connectivity index (χ0n) is 9.22. The highest BCUT2D eigenvalue weighted by Gasteiger charge is 1.94. The lowest BCUT2D eigenvalue weighted by atomic mass is 10.2. The van der Waals surface area contributed by atoms with Crippen molar-refractivity contribution >= 4 is 0 Å². The molecule has 0 saturated carbocycles. The summed E-state index contributed by atoms with van der Waals surface area (Å²) < 4.78 is 5.48. The van der Waals surface area contributed by atoms with Crippen molar-refractivity contribution in [2.24, 2.45) is 5.73 Å². The van der Waals surface area contributed by atoms with Crippen LogP contribution in [0.2, 0.25) is 0 Å². The summed E-state index contributed by atoms with van der Waals surface area (Å²) in [5.74, 6) is 0. The van der Waals surface area contributed by atoms with Crippen molar-refractivity contribution in [1.29, 1.82) is 0 Å². The van der Waals surface area contributed by atoms with Crippen LogP contribution in [0, 0.1) is 0 Å². The van der Waals surface area contributed by atoms with Crippen LogP contribution in [0.25, 0.3) is 0 Å². The van der Waals surface area contributed by atoms with Crippen LogP contribution in [0.5, 0.6) is 0 Å². The van der Waals surface area contributed by atoms with Gasteiger partial charge < -0.3 is 10.5 Å². The van der Waals surface area contributed by atoms with Gasteiger partial charge in [-0.2, -0.15) is 0 Å². The van der Waals surface area contributed by atoms with Gasteiger partial charge >= 0.3 is 0 Å². The van der Waals surface area contributed by atoms with Gasteiger partial charge in [-0.05, 0) is 26.2 Å². The summed E-state index contributed by atoms with van der Waals surface area (Å²) in [4.78, 5) is 0. The van der Waals surface area contributed by atoms with Gasteiger partial charge in [-0.25, -0.2) is 0 Å². The maximum absolute atomic E-state index is 5.62. The molecule has 2 N–H and O–H groups in total. The van der Waals surface area contributed by atoms with Gasteiger partial charge in [0.05, 0.1) is 0 Å². The van der Waals surface area contributed by atoms with Crippen molar-refractivity contribution in [3.05, 3.63) is 0 Å². The third kappa shape index (κ3) is 11.9. The first-order chi connectivity index (χ1) is 6.27. The molecular formula is C11H25NO. The molecular weight excluding hydrogens is 162 g/mol. The largest absolute Gasteiger partial charge is 0.381 e. The summed E-state index contributed by atoms with van der Waals surface area (Å²) in [6, 6.07) is 0.323. The summed E-state index contributed by atoms with van der Waals surface area (Å²) in [6.07, 6.45) is 7.34. The van der Waals surface area contributed by atoms with Gasteiger partial charge in [0.2, 0.25) is 0 Å². The van der Waals surface area contributed by atoms with Gasteiger partial charge in [0.15, 0.2) is 0 Å². The number of ether oxygens (including phenoxy) is 1. The van der Waals surface area contributed by atoms with Crippen LogP contribution in [0.1, 0.15) is 52.4 Å². The maximum Gasteiger partial charge on any atom is 0.0466 e. The van der Waals surface area contributed by atoms with Crippen molar-refractivity contribution in [2.45, 2.75) is 58.4 Å². The molecule has 0 rings (SSSR count). The molecule has 2 heteroatoms. The van der Waals surface area contributed by atoms with E-state index >= 15 is 0 Å². The fourth-order valence-corrected chi connectivity index (χ4v) is 1.24. The normalized spacial score (nSPS) is 13.2. The third-order valence-electron chi connectivity index (χ3n) is 2.09. The first-order valence-corrected chi connectivity index (χ1v) is 5.60. The molecule has 0 aromatic rings. The lowest BCUT2D eigenvalue weighted by Crippen LogP contribution is -2.15. The quantitative estimate of drug-likeness (QED) is 0.563. The summed E-state index contributed by atoms with van der Waals surface area (Å²) in [7, 11) is 0. The summed E-state index contributed by atoms with van der Waals surface area (Å²) in [5, 5.41) is 0. The molecule has 80 valence electrons. The summed E-state index contributed by atoms with van der Waals surface area (Å²) >= 11 is 0. The molecule has 0 bridgehead atoms. The molecule has 2 nitrogen and oxygen atoms in total. The molecule has 0 radical (unpaired) electrons.